The molecule has 1 saturated heterocycles. The van der Waals surface area contributed by atoms with Gasteiger partial charge in [0, 0.05) is 26.7 Å². The largest absolute Gasteiger partial charge is 0.337 e. The first-order valence-corrected chi connectivity index (χ1v) is 7.55. The van der Waals surface area contributed by atoms with Crippen LogP contribution in [0.2, 0.25) is 0 Å². The fourth-order valence-corrected chi connectivity index (χ4v) is 2.70. The van der Waals surface area contributed by atoms with Gasteiger partial charge in [0.15, 0.2) is 0 Å². The molecule has 1 aromatic heterocycles. The second kappa shape index (κ2) is 6.27. The predicted octanol–water partition coefficient (Wildman–Crippen LogP) is 1.01. The van der Waals surface area contributed by atoms with Gasteiger partial charge in [-0.15, -0.1) is 0 Å². The number of carbonyl (C=O) groups is 1. The van der Waals surface area contributed by atoms with Gasteiger partial charge in [-0.25, -0.2) is 0 Å². The maximum absolute atomic E-state index is 12.4. The van der Waals surface area contributed by atoms with Gasteiger partial charge in [0.05, 0.1) is 17.9 Å². The topological polar surface area (TPSA) is 63.1 Å². The van der Waals surface area contributed by atoms with Crippen molar-refractivity contribution in [3.8, 4) is 0 Å². The highest BCUT2D eigenvalue weighted by Gasteiger charge is 2.31. The standard InChI is InChI=1S/C16H21N5O/c1-12-3-5-13(6-4-12)11-21-8-7-15(16(21)22)17-9-14-10-18-20(2)19-14/h3-6,10,15,17H,7-9,11H2,1-2H3. The minimum Gasteiger partial charge on any atom is -0.337 e. The normalized spacial score (nSPS) is 18.2. The number of nitrogens with one attached hydrogen (secondary N) is 1. The van der Waals surface area contributed by atoms with Crippen molar-refractivity contribution in [2.24, 2.45) is 7.05 Å². The zero-order chi connectivity index (χ0) is 15.5. The molecular weight excluding hydrogens is 278 g/mol. The highest BCUT2D eigenvalue weighted by atomic mass is 16.2. The third kappa shape index (κ3) is 3.33. The van der Waals surface area contributed by atoms with Crippen LogP contribution in [0.3, 0.4) is 0 Å². The van der Waals surface area contributed by atoms with E-state index in [1.807, 2.05) is 4.90 Å². The van der Waals surface area contributed by atoms with Gasteiger partial charge in [0.25, 0.3) is 0 Å². The summed E-state index contributed by atoms with van der Waals surface area (Å²) < 4.78 is 0. The van der Waals surface area contributed by atoms with Crippen LogP contribution in [0.1, 0.15) is 23.2 Å². The average molecular weight is 299 g/mol. The molecule has 6 nitrogen and oxygen atoms in total. The summed E-state index contributed by atoms with van der Waals surface area (Å²) in [5.74, 6) is 0.171. The molecule has 1 N–H and O–H groups in total. The van der Waals surface area contributed by atoms with Crippen molar-refractivity contribution in [1.29, 1.82) is 0 Å². The zero-order valence-electron chi connectivity index (χ0n) is 13.0. The molecule has 0 spiro atoms. The summed E-state index contributed by atoms with van der Waals surface area (Å²) in [6, 6.07) is 8.22. The number of hydrogen-bond acceptors (Lipinski definition) is 4. The molecule has 1 aliphatic heterocycles. The Morgan fingerprint density at radius 2 is 2.09 bits per heavy atom. The van der Waals surface area contributed by atoms with Gasteiger partial charge >= 0.3 is 0 Å². The van der Waals surface area contributed by atoms with Crippen LogP contribution in [0.15, 0.2) is 30.5 Å². The van der Waals surface area contributed by atoms with E-state index < -0.39 is 0 Å². The van der Waals surface area contributed by atoms with Crippen molar-refractivity contribution in [2.75, 3.05) is 6.54 Å². The maximum Gasteiger partial charge on any atom is 0.240 e. The van der Waals surface area contributed by atoms with Crippen LogP contribution < -0.4 is 5.32 Å². The number of aromatic nitrogens is 3. The molecule has 2 aromatic rings. The first-order chi connectivity index (χ1) is 10.6. The molecule has 1 aromatic carbocycles. The van der Waals surface area contributed by atoms with Gasteiger partial charge in [-0.2, -0.15) is 15.0 Å². The number of nitrogens with zero attached hydrogens (tertiary/aromatic N) is 4. The summed E-state index contributed by atoms with van der Waals surface area (Å²) in [5, 5.41) is 11.5. The lowest BCUT2D eigenvalue weighted by Crippen LogP contribution is -2.37. The molecule has 0 saturated carbocycles. The van der Waals surface area contributed by atoms with E-state index in [-0.39, 0.29) is 11.9 Å². The summed E-state index contributed by atoms with van der Waals surface area (Å²) >= 11 is 0. The molecule has 1 atom stereocenters. The summed E-state index contributed by atoms with van der Waals surface area (Å²) in [7, 11) is 1.79. The molecule has 22 heavy (non-hydrogen) atoms. The van der Waals surface area contributed by atoms with E-state index in [1.165, 1.54) is 15.9 Å². The third-order valence-corrected chi connectivity index (χ3v) is 3.97. The quantitative estimate of drug-likeness (QED) is 0.895. The van der Waals surface area contributed by atoms with Crippen molar-refractivity contribution in [3.05, 3.63) is 47.3 Å². The minimum absolute atomic E-state index is 0.118. The number of likely N-dealkylation sites (tertiary alicyclic amines) is 1. The van der Waals surface area contributed by atoms with Gasteiger partial charge in [0.2, 0.25) is 5.91 Å². The van der Waals surface area contributed by atoms with E-state index in [4.69, 9.17) is 0 Å². The number of benzene rings is 1. The zero-order valence-corrected chi connectivity index (χ0v) is 13.0. The molecule has 1 unspecified atom stereocenters. The Morgan fingerprint density at radius 3 is 2.77 bits per heavy atom. The molecule has 116 valence electrons. The second-order valence-corrected chi connectivity index (χ2v) is 5.79. The predicted molar refractivity (Wildman–Crippen MR) is 82.8 cm³/mol. The summed E-state index contributed by atoms with van der Waals surface area (Å²) in [5.41, 5.74) is 3.26. The molecule has 1 fully saturated rings. The smallest absolute Gasteiger partial charge is 0.240 e. The number of aryl methyl sites for hydroxylation is 2. The van der Waals surface area contributed by atoms with E-state index in [0.29, 0.717) is 13.1 Å². The van der Waals surface area contributed by atoms with Crippen LogP contribution in [0.5, 0.6) is 0 Å². The van der Waals surface area contributed by atoms with Crippen molar-refractivity contribution >= 4 is 5.91 Å². The Bertz CT molecular complexity index is 649. The maximum atomic E-state index is 12.4. The van der Waals surface area contributed by atoms with Gasteiger partial charge in [-0.1, -0.05) is 29.8 Å². The molecule has 2 heterocycles. The number of carbonyl (C=O) groups excluding carboxylic acids is 1. The van der Waals surface area contributed by atoms with Crippen molar-refractivity contribution < 1.29 is 4.79 Å². The number of hydrogen-bond donors (Lipinski definition) is 1. The molecule has 1 aliphatic rings. The molecule has 0 bridgehead atoms. The molecule has 1 amide bonds. The Labute approximate surface area is 130 Å². The van der Waals surface area contributed by atoms with Crippen LogP contribution in [-0.2, 0) is 24.9 Å². The van der Waals surface area contributed by atoms with E-state index in [2.05, 4.69) is 46.7 Å². The Balaban J connectivity index is 1.54. The lowest BCUT2D eigenvalue weighted by molar-refractivity contribution is -0.129. The van der Waals surface area contributed by atoms with Gasteiger partial charge < -0.3 is 4.90 Å². The van der Waals surface area contributed by atoms with Crippen LogP contribution in [-0.4, -0.2) is 38.4 Å². The van der Waals surface area contributed by atoms with Gasteiger partial charge in [-0.3, -0.25) is 10.1 Å². The van der Waals surface area contributed by atoms with Crippen LogP contribution in [0, 0.1) is 6.92 Å². The average Bonchev–Trinajstić information content (AvgIpc) is 3.07. The second-order valence-electron chi connectivity index (χ2n) is 5.79. The highest BCUT2D eigenvalue weighted by Crippen LogP contribution is 2.16. The van der Waals surface area contributed by atoms with Gasteiger partial charge in [-0.05, 0) is 18.9 Å². The van der Waals surface area contributed by atoms with Crippen LogP contribution in [0.25, 0.3) is 0 Å². The SMILES string of the molecule is Cc1ccc(CN2CCC(NCc3cnn(C)n3)C2=O)cc1. The van der Waals surface area contributed by atoms with Crippen LogP contribution >= 0.6 is 0 Å². The van der Waals surface area contributed by atoms with E-state index in [9.17, 15) is 4.79 Å². The van der Waals surface area contributed by atoms with E-state index in [0.717, 1.165) is 18.7 Å². The fourth-order valence-electron chi connectivity index (χ4n) is 2.70. The lowest BCUT2D eigenvalue weighted by atomic mass is 10.1. The monoisotopic (exact) mass is 299 g/mol. The Morgan fingerprint density at radius 1 is 1.32 bits per heavy atom. The van der Waals surface area contributed by atoms with Crippen LogP contribution in [0.4, 0.5) is 0 Å². The first kappa shape index (κ1) is 14.7. The lowest BCUT2D eigenvalue weighted by Gasteiger charge is -2.17. The molecule has 0 aliphatic carbocycles. The van der Waals surface area contributed by atoms with E-state index in [1.54, 1.807) is 13.2 Å². The van der Waals surface area contributed by atoms with Crippen molar-refractivity contribution in [2.45, 2.75) is 32.5 Å². The molecule has 3 rings (SSSR count). The summed E-state index contributed by atoms with van der Waals surface area (Å²) in [6.45, 7) is 4.12. The minimum atomic E-state index is -0.118. The van der Waals surface area contributed by atoms with Gasteiger partial charge in [0.1, 0.15) is 0 Å². The molecule has 0 radical (unpaired) electrons. The van der Waals surface area contributed by atoms with Crippen molar-refractivity contribution in [1.82, 2.24) is 25.2 Å². The highest BCUT2D eigenvalue weighted by molar-refractivity contribution is 5.83. The van der Waals surface area contributed by atoms with E-state index >= 15 is 0 Å². The molecule has 6 heteroatoms. The Kier molecular flexibility index (Phi) is 4.20. The number of amides is 1. The fraction of sp³-hybridized carbons (Fsp3) is 0.438. The summed E-state index contributed by atoms with van der Waals surface area (Å²) in [6.07, 6.45) is 2.56. The summed E-state index contributed by atoms with van der Waals surface area (Å²) in [4.78, 5) is 15.9. The number of rotatable bonds is 5. The van der Waals surface area contributed by atoms with Crippen molar-refractivity contribution in [3.63, 3.8) is 0 Å². The first-order valence-electron chi connectivity index (χ1n) is 7.55. The third-order valence-electron chi connectivity index (χ3n) is 3.97. The Hall–Kier alpha value is -2.21. The molecular formula is C16H21N5O.